The number of piperidine rings is 1. The van der Waals surface area contributed by atoms with Crippen molar-refractivity contribution in [1.82, 2.24) is 20.4 Å². The highest BCUT2D eigenvalue weighted by Crippen LogP contribution is 2.41. The van der Waals surface area contributed by atoms with Crippen LogP contribution in [0.1, 0.15) is 21.7 Å². The molecule has 1 aromatic rings. The molecule has 92 valence electrons. The van der Waals surface area contributed by atoms with Crippen LogP contribution < -0.4 is 10.6 Å². The number of carbonyl (C=O) groups is 1. The Kier molecular flexibility index (Phi) is 2.26. The van der Waals surface area contributed by atoms with Crippen LogP contribution in [-0.4, -0.2) is 34.8 Å². The van der Waals surface area contributed by atoms with E-state index in [1.54, 1.807) is 4.68 Å². The van der Waals surface area contributed by atoms with Gasteiger partial charge in [0.05, 0.1) is 11.3 Å². The molecule has 1 saturated carbocycles. The Balaban J connectivity index is 1.74. The second kappa shape index (κ2) is 3.57. The van der Waals surface area contributed by atoms with Crippen LogP contribution in [0, 0.1) is 25.7 Å². The fourth-order valence-corrected chi connectivity index (χ4v) is 2.96. The normalized spacial score (nSPS) is 30.2. The fourth-order valence-electron chi connectivity index (χ4n) is 2.96. The smallest absolute Gasteiger partial charge is 0.255 e. The summed E-state index contributed by atoms with van der Waals surface area (Å²) in [5.74, 6) is 1.33. The molecule has 2 atom stereocenters. The number of hydrogen-bond donors (Lipinski definition) is 2. The van der Waals surface area contributed by atoms with E-state index in [9.17, 15) is 4.79 Å². The van der Waals surface area contributed by atoms with E-state index < -0.39 is 0 Å². The van der Waals surface area contributed by atoms with Crippen molar-refractivity contribution in [2.24, 2.45) is 18.9 Å². The van der Waals surface area contributed by atoms with Crippen molar-refractivity contribution in [2.75, 3.05) is 13.1 Å². The maximum absolute atomic E-state index is 12.2. The van der Waals surface area contributed by atoms with E-state index >= 15 is 0 Å². The van der Waals surface area contributed by atoms with Gasteiger partial charge in [0.1, 0.15) is 0 Å². The molecule has 5 nitrogen and oxygen atoms in total. The molecule has 1 amide bonds. The lowest BCUT2D eigenvalue weighted by atomic mass is 10.2. The van der Waals surface area contributed by atoms with Gasteiger partial charge >= 0.3 is 0 Å². The second-order valence-electron chi connectivity index (χ2n) is 5.15. The first kappa shape index (κ1) is 10.8. The zero-order valence-corrected chi connectivity index (χ0v) is 10.4. The summed E-state index contributed by atoms with van der Waals surface area (Å²) in [6, 6.07) is 0.378. The van der Waals surface area contributed by atoms with E-state index in [0.29, 0.717) is 17.9 Å². The predicted molar refractivity (Wildman–Crippen MR) is 63.8 cm³/mol. The highest BCUT2D eigenvalue weighted by atomic mass is 16.1. The van der Waals surface area contributed by atoms with Gasteiger partial charge in [0, 0.05) is 31.9 Å². The van der Waals surface area contributed by atoms with Crippen LogP contribution in [0.4, 0.5) is 0 Å². The summed E-state index contributed by atoms with van der Waals surface area (Å²) in [7, 11) is 1.87. The van der Waals surface area contributed by atoms with Crippen LogP contribution in [0.15, 0.2) is 0 Å². The monoisotopic (exact) mass is 234 g/mol. The summed E-state index contributed by atoms with van der Waals surface area (Å²) in [6.45, 7) is 5.91. The number of hydrogen-bond acceptors (Lipinski definition) is 3. The summed E-state index contributed by atoms with van der Waals surface area (Å²) in [4.78, 5) is 12.2. The van der Waals surface area contributed by atoms with Gasteiger partial charge in [0.2, 0.25) is 0 Å². The van der Waals surface area contributed by atoms with Crippen LogP contribution in [-0.2, 0) is 7.05 Å². The molecule has 0 radical (unpaired) electrons. The van der Waals surface area contributed by atoms with Gasteiger partial charge in [0.15, 0.2) is 0 Å². The van der Waals surface area contributed by atoms with Gasteiger partial charge in [0.25, 0.3) is 5.91 Å². The third kappa shape index (κ3) is 1.57. The largest absolute Gasteiger partial charge is 0.349 e. The molecule has 1 saturated heterocycles. The molecule has 2 unspecified atom stereocenters. The molecule has 0 aromatic carbocycles. The Labute approximate surface area is 101 Å². The number of nitrogens with one attached hydrogen (secondary N) is 2. The number of aromatic nitrogens is 2. The van der Waals surface area contributed by atoms with Gasteiger partial charge in [-0.2, -0.15) is 5.10 Å². The van der Waals surface area contributed by atoms with Crippen molar-refractivity contribution >= 4 is 5.91 Å². The zero-order valence-electron chi connectivity index (χ0n) is 10.4. The van der Waals surface area contributed by atoms with E-state index in [-0.39, 0.29) is 5.91 Å². The number of aryl methyl sites for hydroxylation is 2. The quantitative estimate of drug-likeness (QED) is 0.756. The van der Waals surface area contributed by atoms with Crippen molar-refractivity contribution in [2.45, 2.75) is 19.9 Å². The highest BCUT2D eigenvalue weighted by molar-refractivity contribution is 5.96. The van der Waals surface area contributed by atoms with Crippen LogP contribution in [0.5, 0.6) is 0 Å². The zero-order chi connectivity index (χ0) is 12.2. The Morgan fingerprint density at radius 1 is 1.41 bits per heavy atom. The molecule has 0 spiro atoms. The summed E-state index contributed by atoms with van der Waals surface area (Å²) in [5.41, 5.74) is 2.49. The maximum atomic E-state index is 12.2. The first-order valence-electron chi connectivity index (χ1n) is 6.11. The van der Waals surface area contributed by atoms with E-state index in [1.165, 1.54) is 0 Å². The third-order valence-corrected chi connectivity index (χ3v) is 4.13. The molecule has 1 aliphatic heterocycles. The van der Waals surface area contributed by atoms with Crippen molar-refractivity contribution < 1.29 is 4.79 Å². The third-order valence-electron chi connectivity index (χ3n) is 4.13. The molecule has 2 N–H and O–H groups in total. The number of amides is 1. The van der Waals surface area contributed by atoms with Crippen molar-refractivity contribution in [1.29, 1.82) is 0 Å². The highest BCUT2D eigenvalue weighted by Gasteiger charge is 2.53. The summed E-state index contributed by atoms with van der Waals surface area (Å²) in [5, 5.41) is 10.7. The molecule has 2 fully saturated rings. The van der Waals surface area contributed by atoms with Crippen molar-refractivity contribution in [3.05, 3.63) is 17.0 Å². The van der Waals surface area contributed by atoms with Gasteiger partial charge in [-0.05, 0) is 25.7 Å². The molecule has 3 rings (SSSR count). The minimum absolute atomic E-state index is 0.0347. The number of rotatable bonds is 2. The minimum atomic E-state index is 0.0347. The van der Waals surface area contributed by atoms with Crippen LogP contribution in [0.25, 0.3) is 0 Å². The molecule has 17 heavy (non-hydrogen) atoms. The van der Waals surface area contributed by atoms with Gasteiger partial charge in [-0.25, -0.2) is 0 Å². The Bertz CT molecular complexity index is 469. The molecule has 5 heteroatoms. The summed E-state index contributed by atoms with van der Waals surface area (Å²) >= 11 is 0. The molecule has 1 aliphatic carbocycles. The standard InChI is InChI=1S/C12H18N4O/c1-6-10(7(2)16(3)15-6)12(17)14-11-8-4-13-5-9(8)11/h8-9,11,13H,4-5H2,1-3H3,(H,14,17). The fraction of sp³-hybridized carbons (Fsp3) is 0.667. The average Bonchev–Trinajstić information content (AvgIpc) is 2.63. The van der Waals surface area contributed by atoms with E-state index in [4.69, 9.17) is 0 Å². The lowest BCUT2D eigenvalue weighted by Crippen LogP contribution is -2.33. The molecule has 1 aromatic heterocycles. The predicted octanol–water partition coefficient (Wildman–Crippen LogP) is -0.0155. The van der Waals surface area contributed by atoms with E-state index in [1.807, 2.05) is 20.9 Å². The Hall–Kier alpha value is -1.36. The Morgan fingerprint density at radius 3 is 2.59 bits per heavy atom. The van der Waals surface area contributed by atoms with E-state index in [2.05, 4.69) is 15.7 Å². The lowest BCUT2D eigenvalue weighted by molar-refractivity contribution is 0.0945. The molecule has 2 heterocycles. The first-order chi connectivity index (χ1) is 8.09. The molecular weight excluding hydrogens is 216 g/mol. The van der Waals surface area contributed by atoms with Crippen molar-refractivity contribution in [3.63, 3.8) is 0 Å². The summed E-state index contributed by atoms with van der Waals surface area (Å²) in [6.07, 6.45) is 0. The lowest BCUT2D eigenvalue weighted by Gasteiger charge is -2.07. The average molecular weight is 234 g/mol. The van der Waals surface area contributed by atoms with Gasteiger partial charge in [-0.3, -0.25) is 9.48 Å². The van der Waals surface area contributed by atoms with Crippen molar-refractivity contribution in [3.8, 4) is 0 Å². The molecule has 0 bridgehead atoms. The SMILES string of the molecule is Cc1nn(C)c(C)c1C(=O)NC1C2CNCC21. The van der Waals surface area contributed by atoms with Gasteiger partial charge < -0.3 is 10.6 Å². The number of nitrogens with zero attached hydrogens (tertiary/aromatic N) is 2. The topological polar surface area (TPSA) is 59.0 Å². The maximum Gasteiger partial charge on any atom is 0.255 e. The first-order valence-corrected chi connectivity index (χ1v) is 6.11. The van der Waals surface area contributed by atoms with Crippen LogP contribution in [0.2, 0.25) is 0 Å². The molecule has 2 aliphatic rings. The Morgan fingerprint density at radius 2 is 2.06 bits per heavy atom. The molecular formula is C12H18N4O. The van der Waals surface area contributed by atoms with Crippen LogP contribution in [0.3, 0.4) is 0 Å². The van der Waals surface area contributed by atoms with Crippen LogP contribution >= 0.6 is 0 Å². The number of carbonyl (C=O) groups excluding carboxylic acids is 1. The minimum Gasteiger partial charge on any atom is -0.349 e. The van der Waals surface area contributed by atoms with Gasteiger partial charge in [-0.15, -0.1) is 0 Å². The van der Waals surface area contributed by atoms with Gasteiger partial charge in [-0.1, -0.05) is 0 Å². The summed E-state index contributed by atoms with van der Waals surface area (Å²) < 4.78 is 1.76. The second-order valence-corrected chi connectivity index (χ2v) is 5.15. The number of fused-ring (bicyclic) bond motifs is 1. The van der Waals surface area contributed by atoms with E-state index in [0.717, 1.165) is 30.0 Å².